The van der Waals surface area contributed by atoms with Gasteiger partial charge in [-0.1, -0.05) is 91.0 Å². The summed E-state index contributed by atoms with van der Waals surface area (Å²) in [6.07, 6.45) is -7.21. The van der Waals surface area contributed by atoms with Crippen LogP contribution in [-0.4, -0.2) is 57.7 Å². The van der Waals surface area contributed by atoms with Crippen LogP contribution >= 0.6 is 0 Å². The first-order valence-electron chi connectivity index (χ1n) is 10.2. The van der Waals surface area contributed by atoms with Gasteiger partial charge in [-0.2, -0.15) is 0 Å². The highest BCUT2D eigenvalue weighted by Crippen LogP contribution is 2.41. The van der Waals surface area contributed by atoms with E-state index in [9.17, 15) is 20.4 Å². The maximum atomic E-state index is 10.4. The summed E-state index contributed by atoms with van der Waals surface area (Å²) in [4.78, 5) is 0. The van der Waals surface area contributed by atoms with Crippen molar-refractivity contribution in [3.05, 3.63) is 108 Å². The fourth-order valence-electron chi connectivity index (χ4n) is 4.04. The fraction of sp³-hybridized carbons (Fsp3) is 0.280. The number of ether oxygens (including phenoxy) is 2. The summed E-state index contributed by atoms with van der Waals surface area (Å²) in [7, 11) is 0. The highest BCUT2D eigenvalue weighted by molar-refractivity contribution is 5.47. The topological polar surface area (TPSA) is 99.4 Å². The third-order valence-electron chi connectivity index (χ3n) is 5.69. The molecule has 162 valence electrons. The van der Waals surface area contributed by atoms with E-state index in [0.29, 0.717) is 0 Å². The molecular formula is C25H26O6. The molecule has 1 fully saturated rings. The Balaban J connectivity index is 1.78. The maximum Gasteiger partial charge on any atom is 0.184 e. The van der Waals surface area contributed by atoms with E-state index in [-0.39, 0.29) is 6.61 Å². The molecule has 1 aliphatic rings. The molecule has 0 aliphatic carbocycles. The summed E-state index contributed by atoms with van der Waals surface area (Å²) in [6, 6.07) is 29.1. The van der Waals surface area contributed by atoms with E-state index in [4.69, 9.17) is 9.47 Å². The zero-order chi connectivity index (χ0) is 21.8. The van der Waals surface area contributed by atoms with Gasteiger partial charge in [0.05, 0.1) is 6.61 Å². The van der Waals surface area contributed by atoms with Gasteiger partial charge < -0.3 is 29.9 Å². The van der Waals surface area contributed by atoms with Crippen LogP contribution in [0.15, 0.2) is 91.0 Å². The summed E-state index contributed by atoms with van der Waals surface area (Å²) in [5.41, 5.74) is 1.59. The Kier molecular flexibility index (Phi) is 6.48. The van der Waals surface area contributed by atoms with Gasteiger partial charge in [-0.3, -0.25) is 0 Å². The predicted octanol–water partition coefficient (Wildman–Crippen LogP) is 1.79. The largest absolute Gasteiger partial charge is 0.387 e. The molecule has 1 aliphatic heterocycles. The van der Waals surface area contributed by atoms with Crippen LogP contribution in [0.4, 0.5) is 0 Å². The molecule has 5 atom stereocenters. The lowest BCUT2D eigenvalue weighted by molar-refractivity contribution is -0.291. The molecule has 3 aromatic carbocycles. The van der Waals surface area contributed by atoms with Crippen LogP contribution in [0.1, 0.15) is 16.7 Å². The van der Waals surface area contributed by atoms with E-state index in [1.807, 2.05) is 91.0 Å². The van der Waals surface area contributed by atoms with Gasteiger partial charge in [-0.15, -0.1) is 0 Å². The van der Waals surface area contributed by atoms with Crippen molar-refractivity contribution in [2.24, 2.45) is 0 Å². The first kappa shape index (κ1) is 21.6. The standard InChI is InChI=1S/C25H26O6/c26-21-20(31-24(29)23(28)22(21)27)16-30-25(17-10-4-1-5-11-17,18-12-6-2-7-13-18)19-14-8-3-9-15-19/h1-15,20-24,26-29H,16H2/t20-,21+,22-,23-,24+/m0/s1. The Morgan fingerprint density at radius 3 is 1.45 bits per heavy atom. The molecular weight excluding hydrogens is 396 g/mol. The molecule has 1 heterocycles. The first-order chi connectivity index (χ1) is 15.0. The van der Waals surface area contributed by atoms with Crippen LogP contribution in [0.2, 0.25) is 0 Å². The SMILES string of the molecule is O[C@@H]1[C@H](O)[C@H](O)O[C@@H](COC(c2ccccc2)(c2ccccc2)c2ccccc2)[C@H]1O. The molecule has 0 bridgehead atoms. The molecule has 0 spiro atoms. The lowest BCUT2D eigenvalue weighted by Gasteiger charge is -2.41. The second-order valence-electron chi connectivity index (χ2n) is 7.63. The molecule has 6 nitrogen and oxygen atoms in total. The fourth-order valence-corrected chi connectivity index (χ4v) is 4.04. The smallest absolute Gasteiger partial charge is 0.184 e. The van der Waals surface area contributed by atoms with Gasteiger partial charge in [0.15, 0.2) is 6.29 Å². The predicted molar refractivity (Wildman–Crippen MR) is 114 cm³/mol. The highest BCUT2D eigenvalue weighted by Gasteiger charge is 2.45. The molecule has 0 aromatic heterocycles. The van der Waals surface area contributed by atoms with Crippen molar-refractivity contribution in [1.29, 1.82) is 0 Å². The average Bonchev–Trinajstić information content (AvgIpc) is 2.83. The molecule has 0 radical (unpaired) electrons. The zero-order valence-corrected chi connectivity index (χ0v) is 16.9. The van der Waals surface area contributed by atoms with Crippen molar-refractivity contribution in [2.45, 2.75) is 36.3 Å². The van der Waals surface area contributed by atoms with Gasteiger partial charge in [-0.25, -0.2) is 0 Å². The van der Waals surface area contributed by atoms with Crippen LogP contribution in [0, 0.1) is 0 Å². The highest BCUT2D eigenvalue weighted by atomic mass is 16.6. The molecule has 31 heavy (non-hydrogen) atoms. The average molecular weight is 422 g/mol. The third kappa shape index (κ3) is 4.14. The van der Waals surface area contributed by atoms with Crippen LogP contribution < -0.4 is 0 Å². The Morgan fingerprint density at radius 1 is 0.613 bits per heavy atom. The first-order valence-corrected chi connectivity index (χ1v) is 10.2. The van der Waals surface area contributed by atoms with E-state index >= 15 is 0 Å². The summed E-state index contributed by atoms with van der Waals surface area (Å²) < 4.78 is 11.9. The minimum absolute atomic E-state index is 0.138. The number of benzene rings is 3. The second kappa shape index (κ2) is 9.28. The molecule has 0 amide bonds. The second-order valence-corrected chi connectivity index (χ2v) is 7.63. The number of aliphatic hydroxyl groups is 4. The van der Waals surface area contributed by atoms with E-state index in [0.717, 1.165) is 16.7 Å². The minimum atomic E-state index is -1.62. The summed E-state index contributed by atoms with van der Waals surface area (Å²) in [5.74, 6) is 0. The molecule has 0 unspecified atom stereocenters. The van der Waals surface area contributed by atoms with Gasteiger partial charge in [0.25, 0.3) is 0 Å². The number of hydrogen-bond donors (Lipinski definition) is 4. The monoisotopic (exact) mass is 422 g/mol. The molecule has 6 heteroatoms. The van der Waals surface area contributed by atoms with Gasteiger partial charge >= 0.3 is 0 Å². The van der Waals surface area contributed by atoms with Crippen molar-refractivity contribution in [2.75, 3.05) is 6.61 Å². The molecule has 1 saturated heterocycles. The van der Waals surface area contributed by atoms with Crippen LogP contribution in [0.5, 0.6) is 0 Å². The minimum Gasteiger partial charge on any atom is -0.387 e. The van der Waals surface area contributed by atoms with Gasteiger partial charge in [0.2, 0.25) is 0 Å². The maximum absolute atomic E-state index is 10.4. The summed E-state index contributed by atoms with van der Waals surface area (Å²) in [5, 5.41) is 40.2. The lowest BCUT2D eigenvalue weighted by Crippen LogP contribution is -2.59. The summed E-state index contributed by atoms with van der Waals surface area (Å²) in [6.45, 7) is -0.138. The van der Waals surface area contributed by atoms with Crippen molar-refractivity contribution in [3.8, 4) is 0 Å². The van der Waals surface area contributed by atoms with Crippen LogP contribution in [0.3, 0.4) is 0 Å². The number of aliphatic hydroxyl groups excluding tert-OH is 4. The van der Waals surface area contributed by atoms with Crippen molar-refractivity contribution < 1.29 is 29.9 Å². The van der Waals surface area contributed by atoms with E-state index in [2.05, 4.69) is 0 Å². The van der Waals surface area contributed by atoms with E-state index in [1.54, 1.807) is 0 Å². The molecule has 3 aromatic rings. The van der Waals surface area contributed by atoms with Crippen molar-refractivity contribution in [1.82, 2.24) is 0 Å². The molecule has 4 N–H and O–H groups in total. The Hall–Kier alpha value is -2.58. The Morgan fingerprint density at radius 2 is 1.03 bits per heavy atom. The van der Waals surface area contributed by atoms with E-state index < -0.39 is 36.3 Å². The number of rotatable bonds is 6. The van der Waals surface area contributed by atoms with Gasteiger partial charge in [0, 0.05) is 0 Å². The number of hydrogen-bond acceptors (Lipinski definition) is 6. The van der Waals surface area contributed by atoms with E-state index in [1.165, 1.54) is 0 Å². The van der Waals surface area contributed by atoms with Crippen LogP contribution in [-0.2, 0) is 15.1 Å². The quantitative estimate of drug-likeness (QED) is 0.452. The normalized spacial score (nSPS) is 26.5. The lowest BCUT2D eigenvalue weighted by atomic mass is 9.80. The molecule has 4 rings (SSSR count). The van der Waals surface area contributed by atoms with Crippen molar-refractivity contribution >= 4 is 0 Å². The molecule has 0 saturated carbocycles. The zero-order valence-electron chi connectivity index (χ0n) is 16.9. The van der Waals surface area contributed by atoms with Gasteiger partial charge in [0.1, 0.15) is 30.0 Å². The third-order valence-corrected chi connectivity index (χ3v) is 5.69. The van der Waals surface area contributed by atoms with Crippen LogP contribution in [0.25, 0.3) is 0 Å². The van der Waals surface area contributed by atoms with Crippen molar-refractivity contribution in [3.63, 3.8) is 0 Å². The van der Waals surface area contributed by atoms with Gasteiger partial charge in [-0.05, 0) is 16.7 Å². The summed E-state index contributed by atoms with van der Waals surface area (Å²) >= 11 is 0. The Labute approximate surface area is 180 Å². The Bertz CT molecular complexity index is 853.